The molecule has 7 nitrogen and oxygen atoms in total. The first-order valence-corrected chi connectivity index (χ1v) is 8.52. The number of rotatable bonds is 4. The van der Waals surface area contributed by atoms with Crippen LogP contribution in [0.5, 0.6) is 0 Å². The Kier molecular flexibility index (Phi) is 5.10. The molecule has 142 valence electrons. The number of halogens is 2. The van der Waals surface area contributed by atoms with Crippen LogP contribution in [0, 0.1) is 23.0 Å². The molecule has 1 aromatic carbocycles. The summed E-state index contributed by atoms with van der Waals surface area (Å²) in [5.74, 6) is -3.16. The normalized spacial score (nSPS) is 15.1. The standard InChI is InChI=1S/C18H18F2N4O3/c1-2-24-13(18(26)27)10-14(25)11-9-12(19)17(15(20)16(11)24)23-7-5-22(4-3-21)6-8-23/h9-10H,2,4-8H2,1H3,(H,26,27). The highest BCUT2D eigenvalue weighted by Gasteiger charge is 2.27. The van der Waals surface area contributed by atoms with Crippen molar-refractivity contribution in [2.24, 2.45) is 0 Å². The molecule has 0 amide bonds. The lowest BCUT2D eigenvalue weighted by Crippen LogP contribution is -2.47. The first-order valence-electron chi connectivity index (χ1n) is 8.52. The molecular formula is C18H18F2N4O3. The molecule has 3 rings (SSSR count). The molecule has 0 atom stereocenters. The molecule has 0 radical (unpaired) electrons. The first kappa shape index (κ1) is 18.8. The maximum atomic E-state index is 15.3. The molecule has 2 heterocycles. The third-order valence-corrected chi connectivity index (χ3v) is 4.78. The van der Waals surface area contributed by atoms with Gasteiger partial charge >= 0.3 is 5.97 Å². The van der Waals surface area contributed by atoms with Gasteiger partial charge in [0.1, 0.15) is 17.2 Å². The van der Waals surface area contributed by atoms with Crippen LogP contribution in [-0.4, -0.2) is 53.3 Å². The molecule has 0 saturated carbocycles. The number of pyridine rings is 1. The monoisotopic (exact) mass is 376 g/mol. The summed E-state index contributed by atoms with van der Waals surface area (Å²) < 4.78 is 31.2. The van der Waals surface area contributed by atoms with Crippen LogP contribution in [0.4, 0.5) is 14.5 Å². The molecule has 2 aromatic rings. The number of nitrogens with zero attached hydrogens (tertiary/aromatic N) is 4. The van der Waals surface area contributed by atoms with Crippen molar-refractivity contribution >= 4 is 22.6 Å². The van der Waals surface area contributed by atoms with Crippen LogP contribution in [0.15, 0.2) is 16.9 Å². The van der Waals surface area contributed by atoms with Gasteiger partial charge in [-0.1, -0.05) is 0 Å². The van der Waals surface area contributed by atoms with E-state index in [2.05, 4.69) is 0 Å². The van der Waals surface area contributed by atoms with Gasteiger partial charge in [0.25, 0.3) is 0 Å². The van der Waals surface area contributed by atoms with Crippen molar-refractivity contribution in [3.05, 3.63) is 39.7 Å². The van der Waals surface area contributed by atoms with Crippen LogP contribution >= 0.6 is 0 Å². The third kappa shape index (κ3) is 3.24. The highest BCUT2D eigenvalue weighted by atomic mass is 19.1. The van der Waals surface area contributed by atoms with Crippen molar-refractivity contribution in [3.8, 4) is 6.07 Å². The number of aromatic carboxylic acids is 1. The summed E-state index contributed by atoms with van der Waals surface area (Å²) in [4.78, 5) is 27.1. The van der Waals surface area contributed by atoms with Crippen LogP contribution in [0.1, 0.15) is 17.4 Å². The van der Waals surface area contributed by atoms with E-state index in [0.29, 0.717) is 26.2 Å². The second kappa shape index (κ2) is 7.32. The number of carbonyl (C=O) groups is 1. The number of aryl methyl sites for hydroxylation is 1. The number of hydrogen-bond acceptors (Lipinski definition) is 5. The van der Waals surface area contributed by atoms with E-state index in [0.717, 1.165) is 12.1 Å². The Morgan fingerprint density at radius 1 is 1.26 bits per heavy atom. The molecule has 0 spiro atoms. The van der Waals surface area contributed by atoms with Crippen molar-refractivity contribution in [1.29, 1.82) is 5.26 Å². The van der Waals surface area contributed by atoms with Gasteiger partial charge in [0.15, 0.2) is 11.2 Å². The SMILES string of the molecule is CCn1c(C(=O)O)cc(=O)c2cc(F)c(N3CCN(CC#N)CC3)c(F)c21. The molecule has 1 fully saturated rings. The Morgan fingerprint density at radius 2 is 1.93 bits per heavy atom. The molecule has 0 aliphatic carbocycles. The number of carboxylic acid groups (broad SMARTS) is 1. The average Bonchev–Trinajstić information content (AvgIpc) is 2.63. The molecule has 27 heavy (non-hydrogen) atoms. The molecule has 0 unspecified atom stereocenters. The number of nitriles is 1. The van der Waals surface area contributed by atoms with E-state index in [4.69, 9.17) is 5.26 Å². The highest BCUT2D eigenvalue weighted by Crippen LogP contribution is 2.31. The van der Waals surface area contributed by atoms with E-state index in [9.17, 15) is 19.1 Å². The zero-order valence-corrected chi connectivity index (χ0v) is 14.7. The molecule has 1 N–H and O–H groups in total. The molecule has 1 saturated heterocycles. The molecule has 1 aromatic heterocycles. The lowest BCUT2D eigenvalue weighted by molar-refractivity contribution is 0.0685. The third-order valence-electron chi connectivity index (χ3n) is 4.78. The molecule has 1 aliphatic heterocycles. The van der Waals surface area contributed by atoms with Crippen molar-refractivity contribution in [3.63, 3.8) is 0 Å². The van der Waals surface area contributed by atoms with Crippen LogP contribution in [0.3, 0.4) is 0 Å². The lowest BCUT2D eigenvalue weighted by Gasteiger charge is -2.35. The Morgan fingerprint density at radius 3 is 2.48 bits per heavy atom. The Hall–Kier alpha value is -2.99. The largest absolute Gasteiger partial charge is 0.477 e. The maximum absolute atomic E-state index is 15.3. The summed E-state index contributed by atoms with van der Waals surface area (Å²) >= 11 is 0. The summed E-state index contributed by atoms with van der Waals surface area (Å²) in [5, 5.41) is 17.9. The minimum Gasteiger partial charge on any atom is -0.477 e. The number of aromatic nitrogens is 1. The van der Waals surface area contributed by atoms with Gasteiger partial charge in [-0.3, -0.25) is 9.69 Å². The van der Waals surface area contributed by atoms with E-state index in [-0.39, 0.29) is 35.4 Å². The first-order chi connectivity index (χ1) is 12.9. The minimum absolute atomic E-state index is 0.107. The van der Waals surface area contributed by atoms with Crippen molar-refractivity contribution < 1.29 is 18.7 Å². The van der Waals surface area contributed by atoms with Gasteiger partial charge in [0, 0.05) is 38.8 Å². The number of anilines is 1. The van der Waals surface area contributed by atoms with E-state index in [1.165, 1.54) is 9.47 Å². The summed E-state index contributed by atoms with van der Waals surface area (Å²) in [6.45, 7) is 3.55. The summed E-state index contributed by atoms with van der Waals surface area (Å²) in [7, 11) is 0. The maximum Gasteiger partial charge on any atom is 0.352 e. The summed E-state index contributed by atoms with van der Waals surface area (Å²) in [6, 6.07) is 3.89. The number of hydrogen-bond donors (Lipinski definition) is 1. The van der Waals surface area contributed by atoms with Gasteiger partial charge in [-0.05, 0) is 13.0 Å². The van der Waals surface area contributed by atoms with E-state index in [1.807, 2.05) is 11.0 Å². The smallest absolute Gasteiger partial charge is 0.352 e. The quantitative estimate of drug-likeness (QED) is 0.816. The second-order valence-electron chi connectivity index (χ2n) is 6.28. The van der Waals surface area contributed by atoms with Gasteiger partial charge in [0.2, 0.25) is 0 Å². The van der Waals surface area contributed by atoms with Gasteiger partial charge < -0.3 is 14.6 Å². The molecule has 0 bridgehead atoms. The van der Waals surface area contributed by atoms with E-state index < -0.39 is 23.0 Å². The van der Waals surface area contributed by atoms with Crippen LogP contribution in [-0.2, 0) is 6.54 Å². The second-order valence-corrected chi connectivity index (χ2v) is 6.28. The average molecular weight is 376 g/mol. The van der Waals surface area contributed by atoms with Crippen LogP contribution in [0.2, 0.25) is 0 Å². The molecule has 9 heteroatoms. The minimum atomic E-state index is -1.36. The van der Waals surface area contributed by atoms with Gasteiger partial charge in [-0.15, -0.1) is 0 Å². The topological polar surface area (TPSA) is 89.6 Å². The van der Waals surface area contributed by atoms with Crippen molar-refractivity contribution in [1.82, 2.24) is 9.47 Å². The Bertz CT molecular complexity index is 1000. The predicted molar refractivity (Wildman–Crippen MR) is 95.0 cm³/mol. The van der Waals surface area contributed by atoms with Gasteiger partial charge in [0.05, 0.1) is 23.5 Å². The number of carboxylic acids is 1. The van der Waals surface area contributed by atoms with Crippen LogP contribution in [0.25, 0.3) is 10.9 Å². The number of piperazine rings is 1. The predicted octanol–water partition coefficient (Wildman–Crippen LogP) is 1.64. The lowest BCUT2D eigenvalue weighted by atomic mass is 10.1. The number of fused-ring (bicyclic) bond motifs is 1. The number of benzene rings is 1. The zero-order chi connectivity index (χ0) is 19.7. The Balaban J connectivity index is 2.17. The summed E-state index contributed by atoms with van der Waals surface area (Å²) in [5.41, 5.74) is -1.57. The van der Waals surface area contributed by atoms with Crippen molar-refractivity contribution in [2.75, 3.05) is 37.6 Å². The van der Waals surface area contributed by atoms with E-state index in [1.54, 1.807) is 6.92 Å². The Labute approximate surface area is 153 Å². The van der Waals surface area contributed by atoms with Gasteiger partial charge in [-0.2, -0.15) is 5.26 Å². The highest BCUT2D eigenvalue weighted by molar-refractivity contribution is 5.92. The fourth-order valence-corrected chi connectivity index (χ4v) is 3.48. The van der Waals surface area contributed by atoms with E-state index >= 15 is 4.39 Å². The molecule has 1 aliphatic rings. The van der Waals surface area contributed by atoms with Crippen LogP contribution < -0.4 is 10.3 Å². The van der Waals surface area contributed by atoms with Gasteiger partial charge in [-0.25, -0.2) is 13.6 Å². The van der Waals surface area contributed by atoms with Crippen molar-refractivity contribution in [2.45, 2.75) is 13.5 Å². The fourth-order valence-electron chi connectivity index (χ4n) is 3.48. The fraction of sp³-hybridized carbons (Fsp3) is 0.389. The molecular weight excluding hydrogens is 358 g/mol. The zero-order valence-electron chi connectivity index (χ0n) is 14.7. The summed E-state index contributed by atoms with van der Waals surface area (Å²) in [6.07, 6.45) is 0.